The number of hydrogen-bond acceptors (Lipinski definition) is 5. The van der Waals surface area contributed by atoms with E-state index in [1.165, 1.54) is 0 Å². The molecule has 0 radical (unpaired) electrons. The minimum atomic E-state index is -0.639. The number of aromatic nitrogens is 1. The zero-order chi connectivity index (χ0) is 18.0. The van der Waals surface area contributed by atoms with Crippen LogP contribution in [0.5, 0.6) is 0 Å². The summed E-state index contributed by atoms with van der Waals surface area (Å²) in [6.07, 6.45) is -0.571. The Morgan fingerprint density at radius 2 is 2.20 bits per heavy atom. The molecule has 0 unspecified atom stereocenters. The quantitative estimate of drug-likeness (QED) is 0.778. The SMILES string of the molecule is Cc1cc2ccccc2c(C(C)(C)NC(=O)[C@@H]2CN[C@H](CO)CO2)n1. The van der Waals surface area contributed by atoms with Crippen LogP contribution in [0.1, 0.15) is 25.2 Å². The molecule has 2 atom stereocenters. The molecule has 6 nitrogen and oxygen atoms in total. The van der Waals surface area contributed by atoms with E-state index in [0.717, 1.165) is 22.2 Å². The molecule has 0 saturated carbocycles. The van der Waals surface area contributed by atoms with Crippen LogP contribution in [0.3, 0.4) is 0 Å². The summed E-state index contributed by atoms with van der Waals surface area (Å²) in [7, 11) is 0. The number of aliphatic hydroxyl groups excluding tert-OH is 1. The fourth-order valence-electron chi connectivity index (χ4n) is 3.17. The zero-order valence-corrected chi connectivity index (χ0v) is 14.9. The van der Waals surface area contributed by atoms with E-state index < -0.39 is 11.6 Å². The van der Waals surface area contributed by atoms with Crippen molar-refractivity contribution in [3.63, 3.8) is 0 Å². The Morgan fingerprint density at radius 1 is 1.44 bits per heavy atom. The van der Waals surface area contributed by atoms with Crippen molar-refractivity contribution in [3.8, 4) is 0 Å². The third kappa shape index (κ3) is 3.81. The molecule has 134 valence electrons. The van der Waals surface area contributed by atoms with E-state index in [0.29, 0.717) is 13.2 Å². The Bertz CT molecular complexity index is 768. The molecule has 1 aromatic heterocycles. The molecule has 6 heteroatoms. The molecule has 2 heterocycles. The van der Waals surface area contributed by atoms with Crippen LogP contribution >= 0.6 is 0 Å². The molecule has 0 aliphatic carbocycles. The largest absolute Gasteiger partial charge is 0.395 e. The summed E-state index contributed by atoms with van der Waals surface area (Å²) in [6.45, 7) is 6.56. The molecule has 1 aliphatic rings. The highest BCUT2D eigenvalue weighted by molar-refractivity contribution is 5.87. The average Bonchev–Trinajstić information content (AvgIpc) is 2.60. The highest BCUT2D eigenvalue weighted by Crippen LogP contribution is 2.27. The topological polar surface area (TPSA) is 83.5 Å². The Kier molecular flexibility index (Phi) is 5.03. The van der Waals surface area contributed by atoms with Crippen LogP contribution in [-0.2, 0) is 15.1 Å². The van der Waals surface area contributed by atoms with Crippen LogP contribution in [0.2, 0.25) is 0 Å². The number of pyridine rings is 1. The van der Waals surface area contributed by atoms with Crippen LogP contribution < -0.4 is 10.6 Å². The first-order valence-electron chi connectivity index (χ1n) is 8.55. The number of hydrogen-bond donors (Lipinski definition) is 3. The smallest absolute Gasteiger partial charge is 0.251 e. The molecule has 1 saturated heterocycles. The third-order valence-electron chi connectivity index (χ3n) is 4.50. The van der Waals surface area contributed by atoms with Gasteiger partial charge in [-0.1, -0.05) is 24.3 Å². The first-order chi connectivity index (χ1) is 11.9. The lowest BCUT2D eigenvalue weighted by Gasteiger charge is -2.33. The van der Waals surface area contributed by atoms with Gasteiger partial charge in [0.2, 0.25) is 0 Å². The summed E-state index contributed by atoms with van der Waals surface area (Å²) in [6, 6.07) is 9.98. The monoisotopic (exact) mass is 343 g/mol. The van der Waals surface area contributed by atoms with E-state index in [-0.39, 0.29) is 18.6 Å². The predicted octanol–water partition coefficient (Wildman–Crippen LogP) is 1.24. The van der Waals surface area contributed by atoms with Crippen molar-refractivity contribution < 1.29 is 14.6 Å². The highest BCUT2D eigenvalue weighted by atomic mass is 16.5. The number of nitrogens with zero attached hydrogens (tertiary/aromatic N) is 1. The van der Waals surface area contributed by atoms with Gasteiger partial charge in [0.25, 0.3) is 5.91 Å². The van der Waals surface area contributed by atoms with Gasteiger partial charge in [0.1, 0.15) is 6.10 Å². The zero-order valence-electron chi connectivity index (χ0n) is 14.9. The molecule has 3 rings (SSSR count). The number of morpholine rings is 1. The summed E-state index contributed by atoms with van der Waals surface area (Å²) < 4.78 is 5.58. The molecule has 1 amide bonds. The summed E-state index contributed by atoms with van der Waals surface area (Å²) in [4.78, 5) is 17.3. The lowest BCUT2D eigenvalue weighted by Crippen LogP contribution is -2.56. The van der Waals surface area contributed by atoms with Gasteiger partial charge in [-0.3, -0.25) is 9.78 Å². The highest BCUT2D eigenvalue weighted by Gasteiger charge is 2.32. The molecular formula is C19H25N3O3. The van der Waals surface area contributed by atoms with Gasteiger partial charge >= 0.3 is 0 Å². The number of aliphatic hydroxyl groups is 1. The van der Waals surface area contributed by atoms with E-state index >= 15 is 0 Å². The van der Waals surface area contributed by atoms with Gasteiger partial charge in [0.15, 0.2) is 0 Å². The third-order valence-corrected chi connectivity index (χ3v) is 4.50. The van der Waals surface area contributed by atoms with Crippen molar-refractivity contribution in [2.45, 2.75) is 38.5 Å². The second-order valence-electron chi connectivity index (χ2n) is 7.06. The number of carbonyl (C=O) groups excluding carboxylic acids is 1. The van der Waals surface area contributed by atoms with Crippen LogP contribution in [0.4, 0.5) is 0 Å². The Labute approximate surface area is 147 Å². The fraction of sp³-hybridized carbons (Fsp3) is 0.474. The molecule has 1 aliphatic heterocycles. The Hall–Kier alpha value is -2.02. The van der Waals surface area contributed by atoms with Gasteiger partial charge in [0, 0.05) is 17.6 Å². The minimum Gasteiger partial charge on any atom is -0.395 e. The van der Waals surface area contributed by atoms with Crippen molar-refractivity contribution in [1.82, 2.24) is 15.6 Å². The summed E-state index contributed by atoms with van der Waals surface area (Å²) in [5, 5.41) is 17.4. The van der Waals surface area contributed by atoms with Crippen molar-refractivity contribution in [2.75, 3.05) is 19.8 Å². The van der Waals surface area contributed by atoms with Crippen molar-refractivity contribution in [3.05, 3.63) is 41.7 Å². The normalized spacial score (nSPS) is 21.3. The van der Waals surface area contributed by atoms with E-state index in [9.17, 15) is 4.79 Å². The van der Waals surface area contributed by atoms with Gasteiger partial charge in [-0.05, 0) is 32.2 Å². The number of carbonyl (C=O) groups is 1. The summed E-state index contributed by atoms with van der Waals surface area (Å²) >= 11 is 0. The first-order valence-corrected chi connectivity index (χ1v) is 8.55. The van der Waals surface area contributed by atoms with E-state index in [1.54, 1.807) is 0 Å². The number of amides is 1. The maximum Gasteiger partial charge on any atom is 0.251 e. The first kappa shape index (κ1) is 17.8. The van der Waals surface area contributed by atoms with Crippen molar-refractivity contribution in [2.24, 2.45) is 0 Å². The second kappa shape index (κ2) is 7.07. The second-order valence-corrected chi connectivity index (χ2v) is 7.06. The standard InChI is InChI=1S/C19H25N3O3/c1-12-8-13-6-4-5-7-15(13)17(21-12)19(2,3)22-18(24)16-9-20-14(10-23)11-25-16/h4-8,14,16,20,23H,9-11H2,1-3H3,(H,22,24)/t14-,16+/m1/s1. The Morgan fingerprint density at radius 3 is 2.88 bits per heavy atom. The van der Waals surface area contributed by atoms with Crippen molar-refractivity contribution >= 4 is 16.7 Å². The molecule has 1 fully saturated rings. The van der Waals surface area contributed by atoms with Crippen LogP contribution in [0.15, 0.2) is 30.3 Å². The molecule has 0 bridgehead atoms. The molecule has 2 aromatic rings. The van der Waals surface area contributed by atoms with Crippen LogP contribution in [0.25, 0.3) is 10.8 Å². The fourth-order valence-corrected chi connectivity index (χ4v) is 3.17. The van der Waals surface area contributed by atoms with Crippen molar-refractivity contribution in [1.29, 1.82) is 0 Å². The Balaban J connectivity index is 1.81. The molecule has 3 N–H and O–H groups in total. The number of rotatable bonds is 4. The summed E-state index contributed by atoms with van der Waals surface area (Å²) in [5.74, 6) is -0.179. The minimum absolute atomic E-state index is 0.000959. The van der Waals surface area contributed by atoms with Gasteiger partial charge in [-0.25, -0.2) is 0 Å². The van der Waals surface area contributed by atoms with E-state index in [1.807, 2.05) is 45.0 Å². The number of fused-ring (bicyclic) bond motifs is 1. The maximum absolute atomic E-state index is 12.6. The predicted molar refractivity (Wildman–Crippen MR) is 96.3 cm³/mol. The van der Waals surface area contributed by atoms with E-state index in [2.05, 4.69) is 16.7 Å². The van der Waals surface area contributed by atoms with E-state index in [4.69, 9.17) is 14.8 Å². The number of benzene rings is 1. The summed E-state index contributed by atoms with van der Waals surface area (Å²) in [5.41, 5.74) is 1.12. The van der Waals surface area contributed by atoms with Gasteiger partial charge < -0.3 is 20.5 Å². The molecule has 1 aromatic carbocycles. The number of nitrogens with one attached hydrogen (secondary N) is 2. The van der Waals surface area contributed by atoms with Gasteiger partial charge in [-0.15, -0.1) is 0 Å². The van der Waals surface area contributed by atoms with Gasteiger partial charge in [-0.2, -0.15) is 0 Å². The molecule has 25 heavy (non-hydrogen) atoms. The average molecular weight is 343 g/mol. The molecular weight excluding hydrogens is 318 g/mol. The number of ether oxygens (including phenoxy) is 1. The van der Waals surface area contributed by atoms with Gasteiger partial charge in [0.05, 0.1) is 30.5 Å². The van der Waals surface area contributed by atoms with Crippen LogP contribution in [-0.4, -0.2) is 47.9 Å². The number of aryl methyl sites for hydroxylation is 1. The maximum atomic E-state index is 12.6. The molecule has 0 spiro atoms. The van der Waals surface area contributed by atoms with Crippen LogP contribution in [0, 0.1) is 6.92 Å². The lowest BCUT2D eigenvalue weighted by molar-refractivity contribution is -0.137. The lowest BCUT2D eigenvalue weighted by atomic mass is 9.94.